The number of rotatable bonds is 5. The molecule has 100 valence electrons. The molecule has 0 fully saturated rings. The van der Waals surface area contributed by atoms with Crippen LogP contribution in [0.1, 0.15) is 5.56 Å². The van der Waals surface area contributed by atoms with E-state index in [0.29, 0.717) is 11.3 Å². The smallest absolute Gasteiger partial charge is 0.399 e. The summed E-state index contributed by atoms with van der Waals surface area (Å²) in [5, 5.41) is 7.69. The SMILES string of the molecule is Nc1ccc(CC(O)C([P+](=O)O)P(=O)(O)O)cc1. The van der Waals surface area contributed by atoms with Crippen molar-refractivity contribution < 1.29 is 28.9 Å². The highest BCUT2D eigenvalue weighted by molar-refractivity contribution is 7.65. The van der Waals surface area contributed by atoms with E-state index in [1.54, 1.807) is 24.3 Å². The van der Waals surface area contributed by atoms with E-state index in [-0.39, 0.29) is 6.42 Å². The molecule has 0 aliphatic heterocycles. The molecule has 7 nitrogen and oxygen atoms in total. The average molecular weight is 294 g/mol. The highest BCUT2D eigenvalue weighted by atomic mass is 31.2. The van der Waals surface area contributed by atoms with Gasteiger partial charge in [-0.25, -0.2) is 0 Å². The van der Waals surface area contributed by atoms with E-state index in [1.807, 2.05) is 0 Å². The van der Waals surface area contributed by atoms with Crippen molar-refractivity contribution in [1.82, 2.24) is 0 Å². The van der Waals surface area contributed by atoms with Crippen LogP contribution in [0.4, 0.5) is 5.69 Å². The summed E-state index contributed by atoms with van der Waals surface area (Å²) < 4.78 is 21.9. The quantitative estimate of drug-likeness (QED) is 0.391. The topological polar surface area (TPSA) is 141 Å². The van der Waals surface area contributed by atoms with Gasteiger partial charge in [-0.2, -0.15) is 4.89 Å². The number of nitrogen functional groups attached to an aromatic ring is 1. The first-order valence-corrected chi connectivity index (χ1v) is 7.91. The van der Waals surface area contributed by atoms with Crippen LogP contribution in [0.25, 0.3) is 0 Å². The molecule has 1 aromatic rings. The molecule has 9 heteroatoms. The first-order chi connectivity index (χ1) is 8.21. The minimum Gasteiger partial charge on any atom is -0.399 e. The van der Waals surface area contributed by atoms with Gasteiger partial charge in [0.1, 0.15) is 6.10 Å². The Labute approximate surface area is 104 Å². The monoisotopic (exact) mass is 294 g/mol. The van der Waals surface area contributed by atoms with Crippen LogP contribution in [-0.2, 0) is 15.6 Å². The summed E-state index contributed by atoms with van der Waals surface area (Å²) in [6.07, 6.45) is -1.75. The fourth-order valence-corrected chi connectivity index (χ4v) is 3.48. The molecule has 0 heterocycles. The molecular weight excluding hydrogens is 280 g/mol. The summed E-state index contributed by atoms with van der Waals surface area (Å²) in [6.45, 7) is 0. The molecule has 0 aliphatic carbocycles. The Balaban J connectivity index is 2.86. The minimum absolute atomic E-state index is 0.141. The van der Waals surface area contributed by atoms with Crippen molar-refractivity contribution >= 4 is 21.3 Å². The molecule has 0 radical (unpaired) electrons. The third kappa shape index (κ3) is 4.14. The summed E-state index contributed by atoms with van der Waals surface area (Å²) in [4.78, 5) is 26.7. The number of aliphatic hydroxyl groups excluding tert-OH is 1. The first-order valence-electron chi connectivity index (χ1n) is 4.94. The number of nitrogens with two attached hydrogens (primary N) is 1. The molecule has 0 bridgehead atoms. The van der Waals surface area contributed by atoms with Crippen molar-refractivity contribution in [2.45, 2.75) is 17.9 Å². The van der Waals surface area contributed by atoms with Crippen LogP contribution in [-0.4, -0.2) is 31.3 Å². The van der Waals surface area contributed by atoms with Crippen LogP contribution in [0.5, 0.6) is 0 Å². The number of anilines is 1. The second-order valence-electron chi connectivity index (χ2n) is 3.82. The highest BCUT2D eigenvalue weighted by Gasteiger charge is 2.50. The van der Waals surface area contributed by atoms with Gasteiger partial charge in [-0.1, -0.05) is 12.1 Å². The molecule has 0 saturated heterocycles. The summed E-state index contributed by atoms with van der Waals surface area (Å²) >= 11 is 0. The Hall–Kier alpha value is -0.810. The van der Waals surface area contributed by atoms with Crippen LogP contribution >= 0.6 is 15.6 Å². The number of benzene rings is 1. The molecule has 18 heavy (non-hydrogen) atoms. The lowest BCUT2D eigenvalue weighted by atomic mass is 10.1. The number of hydrogen-bond donors (Lipinski definition) is 5. The third-order valence-corrected chi connectivity index (χ3v) is 5.66. The lowest BCUT2D eigenvalue weighted by molar-refractivity contribution is 0.175. The van der Waals surface area contributed by atoms with Gasteiger partial charge < -0.3 is 20.6 Å². The molecule has 3 atom stereocenters. The Morgan fingerprint density at radius 3 is 2.17 bits per heavy atom. The predicted octanol–water partition coefficient (Wildman–Crippen LogP) is 0.411. The second-order valence-corrected chi connectivity index (χ2v) is 7.12. The molecule has 3 unspecified atom stereocenters. The largest absolute Gasteiger partial charge is 0.524 e. The van der Waals surface area contributed by atoms with Gasteiger partial charge in [0.2, 0.25) is 0 Å². The Morgan fingerprint density at radius 2 is 1.78 bits per heavy atom. The molecule has 1 aromatic carbocycles. The van der Waals surface area contributed by atoms with Crippen molar-refractivity contribution in [2.24, 2.45) is 0 Å². The Kier molecular flexibility index (Phi) is 4.99. The molecular formula is C9H14NO6P2+. The highest BCUT2D eigenvalue weighted by Crippen LogP contribution is 2.53. The van der Waals surface area contributed by atoms with Crippen LogP contribution in [0, 0.1) is 0 Å². The fourth-order valence-electron chi connectivity index (χ4n) is 1.50. The second kappa shape index (κ2) is 5.89. The third-order valence-electron chi connectivity index (χ3n) is 2.34. The van der Waals surface area contributed by atoms with Crippen molar-refractivity contribution in [3.05, 3.63) is 29.8 Å². The number of hydrogen-bond acceptors (Lipinski definition) is 4. The summed E-state index contributed by atoms with van der Waals surface area (Å²) in [6, 6.07) is 6.26. The van der Waals surface area contributed by atoms with Crippen LogP contribution in [0.2, 0.25) is 0 Å². The van der Waals surface area contributed by atoms with Crippen LogP contribution in [0.3, 0.4) is 0 Å². The molecule has 1 rings (SSSR count). The number of aliphatic hydroxyl groups is 1. The van der Waals surface area contributed by atoms with E-state index in [4.69, 9.17) is 20.4 Å². The summed E-state index contributed by atoms with van der Waals surface area (Å²) in [5.41, 5.74) is 6.53. The van der Waals surface area contributed by atoms with E-state index >= 15 is 0 Å². The van der Waals surface area contributed by atoms with Crippen molar-refractivity contribution in [2.75, 3.05) is 5.73 Å². The van der Waals surface area contributed by atoms with E-state index < -0.39 is 27.1 Å². The molecule has 0 aliphatic rings. The van der Waals surface area contributed by atoms with Gasteiger partial charge in [0.15, 0.2) is 0 Å². The normalized spacial score (nSPS) is 16.1. The van der Waals surface area contributed by atoms with Gasteiger partial charge in [-0.05, 0) is 22.3 Å². The van der Waals surface area contributed by atoms with E-state index in [9.17, 15) is 14.2 Å². The standard InChI is InChI=1S/C9H13NO6P2/c10-7-3-1-6(2-4-7)5-8(11)9(17(12)13)18(14,15)16/h1-4,8-9,11H,5,10H2,(H2-,12,13,14,15,16)/p+1. The van der Waals surface area contributed by atoms with Gasteiger partial charge >= 0.3 is 21.0 Å². The zero-order valence-corrected chi connectivity index (χ0v) is 11.0. The zero-order valence-electron chi connectivity index (χ0n) is 9.25. The molecule has 6 N–H and O–H groups in total. The van der Waals surface area contributed by atoms with Gasteiger partial charge in [-0.15, -0.1) is 0 Å². The van der Waals surface area contributed by atoms with Gasteiger partial charge in [-0.3, -0.25) is 4.57 Å². The molecule has 0 spiro atoms. The van der Waals surface area contributed by atoms with Crippen LogP contribution < -0.4 is 5.73 Å². The Morgan fingerprint density at radius 1 is 1.28 bits per heavy atom. The summed E-state index contributed by atoms with van der Waals surface area (Å²) in [5.74, 6) is 0. The van der Waals surface area contributed by atoms with Crippen molar-refractivity contribution in [3.63, 3.8) is 0 Å². The van der Waals surface area contributed by atoms with Crippen LogP contribution in [0.15, 0.2) is 24.3 Å². The molecule has 0 aromatic heterocycles. The first kappa shape index (κ1) is 15.2. The maximum absolute atomic E-state index is 11.0. The Bertz CT molecular complexity index is 470. The average Bonchev–Trinajstić information content (AvgIpc) is 2.18. The molecule has 0 amide bonds. The van der Waals surface area contributed by atoms with E-state index in [0.717, 1.165) is 0 Å². The molecule has 0 saturated carbocycles. The lowest BCUT2D eigenvalue weighted by Crippen LogP contribution is -2.25. The maximum Gasteiger partial charge on any atom is 0.524 e. The van der Waals surface area contributed by atoms with Gasteiger partial charge in [0, 0.05) is 12.1 Å². The van der Waals surface area contributed by atoms with Gasteiger partial charge in [0.25, 0.3) is 0 Å². The maximum atomic E-state index is 11.0. The zero-order chi connectivity index (χ0) is 13.9. The van der Waals surface area contributed by atoms with Crippen molar-refractivity contribution in [1.29, 1.82) is 0 Å². The summed E-state index contributed by atoms with van der Waals surface area (Å²) in [7, 11) is -8.02. The predicted molar refractivity (Wildman–Crippen MR) is 66.2 cm³/mol. The van der Waals surface area contributed by atoms with Crippen molar-refractivity contribution in [3.8, 4) is 0 Å². The van der Waals surface area contributed by atoms with Gasteiger partial charge in [0.05, 0.1) is 0 Å². The van der Waals surface area contributed by atoms with E-state index in [2.05, 4.69) is 0 Å². The fraction of sp³-hybridized carbons (Fsp3) is 0.333. The van der Waals surface area contributed by atoms with E-state index in [1.165, 1.54) is 0 Å². The lowest BCUT2D eigenvalue weighted by Gasteiger charge is -2.14. The minimum atomic E-state index is -4.84.